The molecule has 1 aliphatic carbocycles. The molecule has 0 aromatic heterocycles. The number of ketones is 1. The van der Waals surface area contributed by atoms with Crippen molar-refractivity contribution < 1.29 is 4.79 Å². The van der Waals surface area contributed by atoms with Crippen LogP contribution in [0.1, 0.15) is 30.7 Å². The zero-order chi connectivity index (χ0) is 11.0. The van der Waals surface area contributed by atoms with Crippen LogP contribution >= 0.6 is 0 Å². The second-order valence-electron chi connectivity index (χ2n) is 4.52. The maximum absolute atomic E-state index is 11.7. The number of hydrogen-bond acceptors (Lipinski definition) is 1. The third-order valence-electron chi connectivity index (χ3n) is 3.48. The molecule has 3 rings (SSSR count). The number of hydrogen-bond donors (Lipinski definition) is 0. The van der Waals surface area contributed by atoms with Gasteiger partial charge in [0.25, 0.3) is 0 Å². The Kier molecular flexibility index (Phi) is 2.24. The molecule has 0 saturated heterocycles. The summed E-state index contributed by atoms with van der Waals surface area (Å²) in [4.78, 5) is 11.7. The zero-order valence-corrected chi connectivity index (χ0v) is 9.15. The van der Waals surface area contributed by atoms with Crippen LogP contribution in [0.25, 0.3) is 10.8 Å². The lowest BCUT2D eigenvalue weighted by Crippen LogP contribution is -2.03. The van der Waals surface area contributed by atoms with Crippen molar-refractivity contribution in [2.75, 3.05) is 0 Å². The lowest BCUT2D eigenvalue weighted by Gasteiger charge is -2.09. The van der Waals surface area contributed by atoms with Crippen LogP contribution in [0.5, 0.6) is 0 Å². The molecule has 1 aliphatic rings. The number of benzene rings is 2. The first kappa shape index (κ1) is 9.59. The summed E-state index contributed by atoms with van der Waals surface area (Å²) in [5.41, 5.74) is 1.20. The Labute approximate surface area is 95.1 Å². The highest BCUT2D eigenvalue weighted by Gasteiger charge is 2.25. The molecule has 1 atom stereocenters. The number of carbonyl (C=O) groups is 1. The normalized spacial score (nSPS) is 20.5. The molecule has 1 fully saturated rings. The maximum Gasteiger partial charge on any atom is 0.140 e. The van der Waals surface area contributed by atoms with E-state index in [-0.39, 0.29) is 5.92 Å². The molecular formula is C15H14O. The summed E-state index contributed by atoms with van der Waals surface area (Å²) in [7, 11) is 0. The third-order valence-corrected chi connectivity index (χ3v) is 3.48. The first-order valence-corrected chi connectivity index (χ1v) is 5.86. The number of carbonyl (C=O) groups excluding carboxylic acids is 1. The Morgan fingerprint density at radius 2 is 1.81 bits per heavy atom. The van der Waals surface area contributed by atoms with Gasteiger partial charge in [-0.15, -0.1) is 0 Å². The van der Waals surface area contributed by atoms with E-state index < -0.39 is 0 Å². The van der Waals surface area contributed by atoms with Crippen molar-refractivity contribution in [2.24, 2.45) is 0 Å². The van der Waals surface area contributed by atoms with Crippen molar-refractivity contribution in [1.29, 1.82) is 0 Å². The molecule has 0 unspecified atom stereocenters. The maximum atomic E-state index is 11.7. The molecule has 1 saturated carbocycles. The van der Waals surface area contributed by atoms with Gasteiger partial charge in [0, 0.05) is 12.3 Å². The number of Topliss-reactive ketones (excluding diaryl/α,β-unsaturated/α-hetero) is 1. The van der Waals surface area contributed by atoms with Gasteiger partial charge in [0.1, 0.15) is 5.78 Å². The first-order valence-electron chi connectivity index (χ1n) is 5.86. The van der Waals surface area contributed by atoms with Crippen molar-refractivity contribution in [1.82, 2.24) is 0 Å². The van der Waals surface area contributed by atoms with Crippen molar-refractivity contribution in [3.8, 4) is 0 Å². The van der Waals surface area contributed by atoms with E-state index in [4.69, 9.17) is 0 Å². The lowest BCUT2D eigenvalue weighted by atomic mass is 9.94. The Morgan fingerprint density at radius 1 is 1.00 bits per heavy atom. The van der Waals surface area contributed by atoms with Crippen LogP contribution in [-0.4, -0.2) is 5.78 Å². The van der Waals surface area contributed by atoms with Gasteiger partial charge in [0.2, 0.25) is 0 Å². The van der Waals surface area contributed by atoms with E-state index >= 15 is 0 Å². The summed E-state index contributed by atoms with van der Waals surface area (Å²) in [5, 5.41) is 2.48. The SMILES string of the molecule is O=C1CCC[C@H]1c1ccc2ccccc2c1. The minimum Gasteiger partial charge on any atom is -0.299 e. The number of rotatable bonds is 1. The van der Waals surface area contributed by atoms with Crippen LogP contribution < -0.4 is 0 Å². The van der Waals surface area contributed by atoms with Gasteiger partial charge in [-0.1, -0.05) is 42.5 Å². The van der Waals surface area contributed by atoms with E-state index in [0.717, 1.165) is 19.3 Å². The molecule has 0 radical (unpaired) electrons. The van der Waals surface area contributed by atoms with Gasteiger partial charge in [0.15, 0.2) is 0 Å². The Hall–Kier alpha value is -1.63. The molecule has 0 bridgehead atoms. The minimum atomic E-state index is 0.157. The Balaban J connectivity index is 2.08. The first-order chi connectivity index (χ1) is 7.84. The molecule has 0 heterocycles. The molecule has 1 nitrogen and oxygen atoms in total. The van der Waals surface area contributed by atoms with Gasteiger partial charge in [-0.05, 0) is 29.2 Å². The molecule has 0 spiro atoms. The highest BCUT2D eigenvalue weighted by molar-refractivity contribution is 5.90. The Bertz CT molecular complexity index is 542. The quantitative estimate of drug-likeness (QED) is 0.701. The van der Waals surface area contributed by atoms with Gasteiger partial charge in [-0.2, -0.15) is 0 Å². The smallest absolute Gasteiger partial charge is 0.140 e. The summed E-state index contributed by atoms with van der Waals surface area (Å²) in [6.45, 7) is 0. The molecule has 0 amide bonds. The average molecular weight is 210 g/mol. The summed E-state index contributed by atoms with van der Waals surface area (Å²) >= 11 is 0. The Morgan fingerprint density at radius 3 is 2.56 bits per heavy atom. The van der Waals surface area contributed by atoms with Crippen molar-refractivity contribution in [2.45, 2.75) is 25.2 Å². The summed E-state index contributed by atoms with van der Waals surface area (Å²) in [6, 6.07) is 14.7. The van der Waals surface area contributed by atoms with E-state index in [0.29, 0.717) is 5.78 Å². The molecule has 2 aromatic carbocycles. The van der Waals surface area contributed by atoms with Crippen LogP contribution in [0, 0.1) is 0 Å². The van der Waals surface area contributed by atoms with Crippen molar-refractivity contribution in [3.63, 3.8) is 0 Å². The summed E-state index contributed by atoms with van der Waals surface area (Å²) in [6.07, 6.45) is 2.84. The molecule has 16 heavy (non-hydrogen) atoms. The third kappa shape index (κ3) is 1.53. The monoisotopic (exact) mass is 210 g/mol. The molecule has 0 aliphatic heterocycles. The second kappa shape index (κ2) is 3.75. The second-order valence-corrected chi connectivity index (χ2v) is 4.52. The highest BCUT2D eigenvalue weighted by atomic mass is 16.1. The standard InChI is InChI=1S/C15H14O/c16-15-7-3-6-14(15)13-9-8-11-4-1-2-5-12(11)10-13/h1-2,4-5,8-10,14H,3,6-7H2/t14-/m0/s1. The van der Waals surface area contributed by atoms with E-state index in [2.05, 4.69) is 30.3 Å². The van der Waals surface area contributed by atoms with Gasteiger partial charge >= 0.3 is 0 Å². The zero-order valence-electron chi connectivity index (χ0n) is 9.15. The van der Waals surface area contributed by atoms with Gasteiger partial charge in [0.05, 0.1) is 0 Å². The topological polar surface area (TPSA) is 17.1 Å². The van der Waals surface area contributed by atoms with Gasteiger partial charge in [-0.25, -0.2) is 0 Å². The summed E-state index contributed by atoms with van der Waals surface area (Å²) < 4.78 is 0. The van der Waals surface area contributed by atoms with Crippen LogP contribution in [0.4, 0.5) is 0 Å². The molecule has 80 valence electrons. The predicted octanol–water partition coefficient (Wildman–Crippen LogP) is 3.68. The fourth-order valence-corrected chi connectivity index (χ4v) is 2.59. The van der Waals surface area contributed by atoms with E-state index in [9.17, 15) is 4.79 Å². The van der Waals surface area contributed by atoms with E-state index in [1.54, 1.807) is 0 Å². The lowest BCUT2D eigenvalue weighted by molar-refractivity contribution is -0.118. The van der Waals surface area contributed by atoms with Gasteiger partial charge in [-0.3, -0.25) is 4.79 Å². The van der Waals surface area contributed by atoms with Crippen LogP contribution in [-0.2, 0) is 4.79 Å². The van der Waals surface area contributed by atoms with Crippen LogP contribution in [0.3, 0.4) is 0 Å². The van der Waals surface area contributed by atoms with Crippen LogP contribution in [0.15, 0.2) is 42.5 Å². The molecule has 2 aromatic rings. The fourth-order valence-electron chi connectivity index (χ4n) is 2.59. The minimum absolute atomic E-state index is 0.157. The highest BCUT2D eigenvalue weighted by Crippen LogP contribution is 2.32. The molecule has 0 N–H and O–H groups in total. The number of fused-ring (bicyclic) bond motifs is 1. The largest absolute Gasteiger partial charge is 0.299 e. The summed E-state index contributed by atoms with van der Waals surface area (Å²) in [5.74, 6) is 0.569. The van der Waals surface area contributed by atoms with E-state index in [1.807, 2.05) is 12.1 Å². The molecular weight excluding hydrogens is 196 g/mol. The van der Waals surface area contributed by atoms with Gasteiger partial charge < -0.3 is 0 Å². The van der Waals surface area contributed by atoms with Crippen LogP contribution in [0.2, 0.25) is 0 Å². The predicted molar refractivity (Wildman–Crippen MR) is 65.5 cm³/mol. The average Bonchev–Trinajstić information content (AvgIpc) is 2.75. The van der Waals surface area contributed by atoms with E-state index in [1.165, 1.54) is 16.3 Å². The van der Waals surface area contributed by atoms with Crippen molar-refractivity contribution >= 4 is 16.6 Å². The fraction of sp³-hybridized carbons (Fsp3) is 0.267. The molecule has 1 heteroatoms. The van der Waals surface area contributed by atoms with Crippen molar-refractivity contribution in [3.05, 3.63) is 48.0 Å².